The van der Waals surface area contributed by atoms with Crippen molar-refractivity contribution in [2.24, 2.45) is 11.3 Å². The minimum atomic E-state index is -1.30. The molecule has 2 aromatic carbocycles. The van der Waals surface area contributed by atoms with Gasteiger partial charge in [-0.3, -0.25) is 9.59 Å². The Labute approximate surface area is 243 Å². The molecule has 2 amide bonds. The lowest BCUT2D eigenvalue weighted by Gasteiger charge is -2.38. The largest absolute Gasteiger partial charge is 0.497 e. The van der Waals surface area contributed by atoms with E-state index in [-0.39, 0.29) is 45.9 Å². The predicted octanol–water partition coefficient (Wildman–Crippen LogP) is 6.04. The number of amides is 2. The van der Waals surface area contributed by atoms with E-state index in [1.165, 1.54) is 19.1 Å². The second-order valence-electron chi connectivity index (χ2n) is 11.7. The zero-order valence-corrected chi connectivity index (χ0v) is 24.2. The van der Waals surface area contributed by atoms with Crippen LogP contribution in [-0.2, 0) is 16.1 Å². The molecule has 5 rings (SSSR count). The normalized spacial score (nSPS) is 29.8. The van der Waals surface area contributed by atoms with Crippen LogP contribution in [0, 0.1) is 17.2 Å². The highest BCUT2D eigenvalue weighted by Gasteiger charge is 2.59. The van der Waals surface area contributed by atoms with Gasteiger partial charge < -0.3 is 20.7 Å². The van der Waals surface area contributed by atoms with E-state index in [9.17, 15) is 9.59 Å². The second kappa shape index (κ2) is 11.5. The number of carbonyl (C=O) groups excluding carboxylic acids is 2. The van der Waals surface area contributed by atoms with Crippen molar-refractivity contribution in [3.63, 3.8) is 0 Å². The van der Waals surface area contributed by atoms with Gasteiger partial charge in [0.15, 0.2) is 0 Å². The maximum absolute atomic E-state index is 15.3. The number of carbonyl (C=O) groups is 2. The van der Waals surface area contributed by atoms with Crippen LogP contribution in [0.3, 0.4) is 0 Å². The maximum Gasteiger partial charge on any atom is 0.223 e. The molecule has 10 heteroatoms. The van der Waals surface area contributed by atoms with Gasteiger partial charge >= 0.3 is 0 Å². The standard InChI is InChI=1S/C30H35Cl2F2N3O3/c1-17(38)36-24-14-19(13-23(24)35-15-18-3-5-20(40-2)6-4-18)28(39)37-27(25-22(33)8-7-21(31)26(25)32)29-9-11-30(34,16-29)12-10-29/h3-8,19,23-24,27,35H,9-16H2,1-2H3,(H,36,38)(H,37,39)/t19?,23-,24+,27?,29?,30?/m1/s1. The molecule has 3 fully saturated rings. The van der Waals surface area contributed by atoms with Crippen LogP contribution in [0.1, 0.15) is 69.0 Å². The Morgan fingerprint density at radius 1 is 1.05 bits per heavy atom. The van der Waals surface area contributed by atoms with Crippen molar-refractivity contribution < 1.29 is 23.1 Å². The van der Waals surface area contributed by atoms with Gasteiger partial charge in [-0.05, 0) is 80.2 Å². The summed E-state index contributed by atoms with van der Waals surface area (Å²) in [4.78, 5) is 25.8. The SMILES string of the molecule is COc1ccc(CN[C@@H]2CC(C(=O)NC(c3c(F)ccc(Cl)c3Cl)C34CCC(F)(CC3)C4)C[C@@H]2NC(C)=O)cc1. The van der Waals surface area contributed by atoms with E-state index < -0.39 is 28.9 Å². The summed E-state index contributed by atoms with van der Waals surface area (Å²) in [6, 6.07) is 9.09. The van der Waals surface area contributed by atoms with Crippen molar-refractivity contribution in [2.75, 3.05) is 7.11 Å². The second-order valence-corrected chi connectivity index (χ2v) is 12.5. The van der Waals surface area contributed by atoms with E-state index in [0.717, 1.165) is 11.3 Å². The fraction of sp³-hybridized carbons (Fsp3) is 0.533. The number of rotatable bonds is 9. The van der Waals surface area contributed by atoms with Gasteiger partial charge in [0, 0.05) is 37.0 Å². The van der Waals surface area contributed by atoms with Crippen molar-refractivity contribution in [2.45, 2.75) is 82.2 Å². The third-order valence-corrected chi connectivity index (χ3v) is 9.95. The third kappa shape index (κ3) is 5.81. The van der Waals surface area contributed by atoms with Gasteiger partial charge in [0.05, 0.1) is 23.2 Å². The molecule has 3 aliphatic carbocycles. The van der Waals surface area contributed by atoms with Gasteiger partial charge in [-0.1, -0.05) is 35.3 Å². The predicted molar refractivity (Wildman–Crippen MR) is 151 cm³/mol. The topological polar surface area (TPSA) is 79.5 Å². The van der Waals surface area contributed by atoms with Crippen LogP contribution in [0.25, 0.3) is 0 Å². The summed E-state index contributed by atoms with van der Waals surface area (Å²) in [7, 11) is 1.61. The van der Waals surface area contributed by atoms with E-state index in [1.807, 2.05) is 24.3 Å². The highest BCUT2D eigenvalue weighted by Crippen LogP contribution is 2.64. The number of hydrogen-bond acceptors (Lipinski definition) is 4. The number of methoxy groups -OCH3 is 1. The van der Waals surface area contributed by atoms with Crippen LogP contribution >= 0.6 is 23.2 Å². The number of nitrogens with one attached hydrogen (secondary N) is 3. The molecule has 6 nitrogen and oxygen atoms in total. The van der Waals surface area contributed by atoms with Crippen LogP contribution < -0.4 is 20.7 Å². The summed E-state index contributed by atoms with van der Waals surface area (Å²) >= 11 is 12.8. The van der Waals surface area contributed by atoms with Crippen molar-refractivity contribution in [1.29, 1.82) is 0 Å². The molecular formula is C30H35Cl2F2N3O3. The quantitative estimate of drug-likeness (QED) is 0.309. The van der Waals surface area contributed by atoms with Crippen molar-refractivity contribution >= 4 is 35.0 Å². The van der Waals surface area contributed by atoms with Crippen molar-refractivity contribution in [1.82, 2.24) is 16.0 Å². The summed E-state index contributed by atoms with van der Waals surface area (Å²) in [6.07, 6.45) is 2.97. The molecular weight excluding hydrogens is 559 g/mol. The molecule has 0 aliphatic heterocycles. The van der Waals surface area contributed by atoms with Crippen molar-refractivity contribution in [3.05, 3.63) is 63.4 Å². The molecule has 40 heavy (non-hydrogen) atoms. The summed E-state index contributed by atoms with van der Waals surface area (Å²) in [5, 5.41) is 9.80. The van der Waals surface area contributed by atoms with Gasteiger partial charge in [-0.2, -0.15) is 0 Å². The molecule has 0 spiro atoms. The summed E-state index contributed by atoms with van der Waals surface area (Å²) < 4.78 is 35.8. The monoisotopic (exact) mass is 593 g/mol. The first-order valence-electron chi connectivity index (χ1n) is 13.8. The minimum absolute atomic E-state index is 0.0474. The molecule has 0 radical (unpaired) electrons. The fourth-order valence-electron chi connectivity index (χ4n) is 7.06. The van der Waals surface area contributed by atoms with Crippen LogP contribution in [0.2, 0.25) is 10.0 Å². The molecule has 0 heterocycles. The van der Waals surface area contributed by atoms with Crippen LogP contribution in [0.15, 0.2) is 36.4 Å². The van der Waals surface area contributed by atoms with Gasteiger partial charge in [-0.25, -0.2) is 8.78 Å². The lowest BCUT2D eigenvalue weighted by Crippen LogP contribution is -2.45. The molecule has 3 N–H and O–H groups in total. The number of ether oxygens (including phenoxy) is 1. The average molecular weight is 595 g/mol. The zero-order valence-electron chi connectivity index (χ0n) is 22.7. The Balaban J connectivity index is 1.36. The van der Waals surface area contributed by atoms with Gasteiger partial charge in [0.25, 0.3) is 0 Å². The molecule has 3 saturated carbocycles. The van der Waals surface area contributed by atoms with E-state index in [4.69, 9.17) is 27.9 Å². The third-order valence-electron chi connectivity index (χ3n) is 9.13. The number of hydrogen-bond donors (Lipinski definition) is 3. The zero-order chi connectivity index (χ0) is 28.7. The summed E-state index contributed by atoms with van der Waals surface area (Å²) in [5.41, 5.74) is -0.775. The molecule has 2 unspecified atom stereocenters. The van der Waals surface area contributed by atoms with E-state index in [1.54, 1.807) is 7.11 Å². The van der Waals surface area contributed by atoms with E-state index in [2.05, 4.69) is 16.0 Å². The molecule has 4 atom stereocenters. The van der Waals surface area contributed by atoms with Crippen LogP contribution in [0.5, 0.6) is 5.75 Å². The summed E-state index contributed by atoms with van der Waals surface area (Å²) in [5.74, 6) is -0.690. The fourth-order valence-corrected chi connectivity index (χ4v) is 7.49. The van der Waals surface area contributed by atoms with Crippen LogP contribution in [0.4, 0.5) is 8.78 Å². The lowest BCUT2D eigenvalue weighted by molar-refractivity contribution is -0.127. The molecule has 0 saturated heterocycles. The Hall–Kier alpha value is -2.42. The van der Waals surface area contributed by atoms with Gasteiger partial charge in [-0.15, -0.1) is 0 Å². The highest BCUT2D eigenvalue weighted by atomic mass is 35.5. The molecule has 0 aromatic heterocycles. The smallest absolute Gasteiger partial charge is 0.223 e. The molecule has 2 bridgehead atoms. The Morgan fingerprint density at radius 3 is 2.33 bits per heavy atom. The molecule has 3 aliphatic rings. The lowest BCUT2D eigenvalue weighted by atomic mass is 9.74. The Bertz CT molecular complexity index is 1270. The number of fused-ring (bicyclic) bond motifs is 2. The minimum Gasteiger partial charge on any atom is -0.497 e. The molecule has 2 aromatic rings. The Morgan fingerprint density at radius 2 is 1.73 bits per heavy atom. The number of alkyl halides is 1. The number of halogens is 4. The molecule has 216 valence electrons. The Kier molecular flexibility index (Phi) is 8.33. The summed E-state index contributed by atoms with van der Waals surface area (Å²) in [6.45, 7) is 2.00. The van der Waals surface area contributed by atoms with Gasteiger partial charge in [0.2, 0.25) is 11.8 Å². The van der Waals surface area contributed by atoms with Crippen molar-refractivity contribution in [3.8, 4) is 5.75 Å². The first-order chi connectivity index (χ1) is 19.0. The first-order valence-corrected chi connectivity index (χ1v) is 14.5. The van der Waals surface area contributed by atoms with Crippen LogP contribution in [-0.4, -0.2) is 36.7 Å². The van der Waals surface area contributed by atoms with E-state index in [0.29, 0.717) is 45.1 Å². The highest BCUT2D eigenvalue weighted by molar-refractivity contribution is 6.42. The van der Waals surface area contributed by atoms with E-state index >= 15 is 8.78 Å². The maximum atomic E-state index is 15.3. The van der Waals surface area contributed by atoms with Gasteiger partial charge in [0.1, 0.15) is 17.2 Å². The number of benzene rings is 2. The first kappa shape index (κ1) is 29.1. The average Bonchev–Trinajstić information content (AvgIpc) is 3.60.